The van der Waals surface area contributed by atoms with Crippen LogP contribution >= 0.6 is 0 Å². The van der Waals surface area contributed by atoms with E-state index in [0.717, 1.165) is 11.1 Å². The van der Waals surface area contributed by atoms with E-state index < -0.39 is 0 Å². The molecule has 1 N–H and O–H groups in total. The maximum Gasteiger partial charge on any atom is 0.274 e. The molecule has 3 rings (SSSR count). The Balaban J connectivity index is 1.97. The number of hydrogen-bond acceptors (Lipinski definition) is 4. The third-order valence-electron chi connectivity index (χ3n) is 2.74. The van der Waals surface area contributed by atoms with Crippen molar-refractivity contribution in [2.75, 3.05) is 0 Å². The molecule has 3 aromatic rings. The first-order chi connectivity index (χ1) is 9.26. The fourth-order valence-electron chi connectivity index (χ4n) is 1.82. The van der Waals surface area contributed by atoms with Crippen LogP contribution in [0.4, 0.5) is 0 Å². The summed E-state index contributed by atoms with van der Waals surface area (Å²) in [5, 5.41) is 12.7. The average Bonchev–Trinajstić information content (AvgIpc) is 3.07. The normalized spacial score (nSPS) is 10.3. The SMILES string of the molecule is Cc1cccc(-c2noc(-c3cc(C#N)c[nH]3)n2)c1. The summed E-state index contributed by atoms with van der Waals surface area (Å²) >= 11 is 0. The Bertz CT molecular complexity index is 764. The summed E-state index contributed by atoms with van der Waals surface area (Å²) in [5.41, 5.74) is 3.21. The third-order valence-corrected chi connectivity index (χ3v) is 2.74. The number of nitrogens with zero attached hydrogens (tertiary/aromatic N) is 3. The molecule has 0 amide bonds. The maximum atomic E-state index is 8.77. The molecule has 0 unspecified atom stereocenters. The van der Waals surface area contributed by atoms with Crippen LogP contribution in [0, 0.1) is 18.3 Å². The minimum absolute atomic E-state index is 0.373. The standard InChI is InChI=1S/C14H10N4O/c1-9-3-2-4-11(5-9)13-17-14(19-18-13)12-6-10(7-15)8-16-12/h2-6,8,16H,1H3. The average molecular weight is 250 g/mol. The van der Waals surface area contributed by atoms with E-state index in [-0.39, 0.29) is 0 Å². The predicted molar refractivity (Wildman–Crippen MR) is 69.0 cm³/mol. The van der Waals surface area contributed by atoms with Crippen molar-refractivity contribution in [1.82, 2.24) is 15.1 Å². The lowest BCUT2D eigenvalue weighted by atomic mass is 10.1. The van der Waals surface area contributed by atoms with Gasteiger partial charge in [0.15, 0.2) is 0 Å². The summed E-state index contributed by atoms with van der Waals surface area (Å²) < 4.78 is 5.20. The summed E-state index contributed by atoms with van der Waals surface area (Å²) in [6.45, 7) is 2.01. The van der Waals surface area contributed by atoms with Gasteiger partial charge in [0.25, 0.3) is 5.89 Å². The van der Waals surface area contributed by atoms with Gasteiger partial charge in [-0.3, -0.25) is 0 Å². The lowest BCUT2D eigenvalue weighted by molar-refractivity contribution is 0.431. The smallest absolute Gasteiger partial charge is 0.274 e. The van der Waals surface area contributed by atoms with Gasteiger partial charge in [0.1, 0.15) is 11.8 Å². The molecule has 19 heavy (non-hydrogen) atoms. The van der Waals surface area contributed by atoms with Gasteiger partial charge in [0.2, 0.25) is 5.82 Å². The van der Waals surface area contributed by atoms with Crippen LogP contribution in [0.5, 0.6) is 0 Å². The lowest BCUT2D eigenvalue weighted by Crippen LogP contribution is -1.82. The highest BCUT2D eigenvalue weighted by atomic mass is 16.5. The van der Waals surface area contributed by atoms with E-state index in [9.17, 15) is 0 Å². The Morgan fingerprint density at radius 3 is 2.95 bits per heavy atom. The molecule has 0 aliphatic rings. The quantitative estimate of drug-likeness (QED) is 0.758. The summed E-state index contributed by atoms with van der Waals surface area (Å²) in [5.74, 6) is 0.907. The number of aromatic nitrogens is 3. The minimum Gasteiger partial charge on any atom is -0.356 e. The summed E-state index contributed by atoms with van der Waals surface area (Å²) in [6.07, 6.45) is 1.60. The van der Waals surface area contributed by atoms with Crippen LogP contribution in [0.3, 0.4) is 0 Å². The largest absolute Gasteiger partial charge is 0.356 e. The molecule has 0 saturated carbocycles. The van der Waals surface area contributed by atoms with Gasteiger partial charge in [0, 0.05) is 11.8 Å². The van der Waals surface area contributed by atoms with Crippen LogP contribution in [-0.4, -0.2) is 15.1 Å². The van der Waals surface area contributed by atoms with Gasteiger partial charge in [-0.15, -0.1) is 0 Å². The first kappa shape index (κ1) is 11.2. The maximum absolute atomic E-state index is 8.77. The topological polar surface area (TPSA) is 78.5 Å². The molecule has 0 aliphatic heterocycles. The molecule has 5 nitrogen and oxygen atoms in total. The van der Waals surface area contributed by atoms with Crippen molar-refractivity contribution >= 4 is 0 Å². The first-order valence-electron chi connectivity index (χ1n) is 5.76. The Labute approximate surface area is 109 Å². The molecule has 0 fully saturated rings. The molecule has 2 heterocycles. The van der Waals surface area contributed by atoms with E-state index in [4.69, 9.17) is 9.78 Å². The van der Waals surface area contributed by atoms with E-state index in [0.29, 0.717) is 23.0 Å². The number of hydrogen-bond donors (Lipinski definition) is 1. The van der Waals surface area contributed by atoms with Gasteiger partial charge in [0.05, 0.1) is 5.56 Å². The molecule has 0 aliphatic carbocycles. The molecular weight excluding hydrogens is 240 g/mol. The Hall–Kier alpha value is -2.87. The van der Waals surface area contributed by atoms with E-state index in [2.05, 4.69) is 15.1 Å². The molecule has 0 spiro atoms. The second kappa shape index (κ2) is 4.42. The van der Waals surface area contributed by atoms with Crippen molar-refractivity contribution < 1.29 is 4.52 Å². The van der Waals surface area contributed by atoms with Crippen LogP contribution in [0.15, 0.2) is 41.1 Å². The minimum atomic E-state index is 0.373. The fraction of sp³-hybridized carbons (Fsp3) is 0.0714. The molecule has 5 heteroatoms. The third kappa shape index (κ3) is 2.11. The zero-order chi connectivity index (χ0) is 13.2. The van der Waals surface area contributed by atoms with Gasteiger partial charge >= 0.3 is 0 Å². The molecule has 1 aromatic carbocycles. The van der Waals surface area contributed by atoms with E-state index in [1.165, 1.54) is 0 Å². The second-order valence-corrected chi connectivity index (χ2v) is 4.21. The van der Waals surface area contributed by atoms with E-state index >= 15 is 0 Å². The molecule has 0 bridgehead atoms. The highest BCUT2D eigenvalue weighted by molar-refractivity contribution is 5.59. The van der Waals surface area contributed by atoms with Crippen molar-refractivity contribution in [3.05, 3.63) is 47.7 Å². The van der Waals surface area contributed by atoms with Gasteiger partial charge in [-0.2, -0.15) is 10.2 Å². The molecule has 0 atom stereocenters. The summed E-state index contributed by atoms with van der Waals surface area (Å²) in [6, 6.07) is 11.6. The highest BCUT2D eigenvalue weighted by Gasteiger charge is 2.12. The fourth-order valence-corrected chi connectivity index (χ4v) is 1.82. The molecular formula is C14H10N4O. The van der Waals surface area contributed by atoms with Crippen molar-refractivity contribution in [3.63, 3.8) is 0 Å². The number of nitrogens with one attached hydrogen (secondary N) is 1. The van der Waals surface area contributed by atoms with Crippen LogP contribution in [0.1, 0.15) is 11.1 Å². The van der Waals surface area contributed by atoms with Crippen LogP contribution in [0.2, 0.25) is 0 Å². The van der Waals surface area contributed by atoms with Crippen molar-refractivity contribution in [2.24, 2.45) is 0 Å². The molecule has 92 valence electrons. The highest BCUT2D eigenvalue weighted by Crippen LogP contribution is 2.22. The number of H-pyrrole nitrogens is 1. The van der Waals surface area contributed by atoms with Crippen LogP contribution < -0.4 is 0 Å². The number of nitriles is 1. The number of benzene rings is 1. The van der Waals surface area contributed by atoms with Gasteiger partial charge in [-0.1, -0.05) is 28.9 Å². The van der Waals surface area contributed by atoms with Crippen LogP contribution in [-0.2, 0) is 0 Å². The molecule has 0 saturated heterocycles. The van der Waals surface area contributed by atoms with Gasteiger partial charge in [-0.25, -0.2) is 0 Å². The lowest BCUT2D eigenvalue weighted by Gasteiger charge is -1.94. The zero-order valence-corrected chi connectivity index (χ0v) is 10.2. The second-order valence-electron chi connectivity index (χ2n) is 4.21. The molecule has 2 aromatic heterocycles. The van der Waals surface area contributed by atoms with Crippen LogP contribution in [0.25, 0.3) is 23.0 Å². The molecule has 0 radical (unpaired) electrons. The van der Waals surface area contributed by atoms with Gasteiger partial charge in [-0.05, 0) is 19.1 Å². The van der Waals surface area contributed by atoms with Crippen molar-refractivity contribution in [1.29, 1.82) is 5.26 Å². The zero-order valence-electron chi connectivity index (χ0n) is 10.2. The predicted octanol–water partition coefficient (Wildman–Crippen LogP) is 2.91. The van der Waals surface area contributed by atoms with Crippen molar-refractivity contribution in [2.45, 2.75) is 6.92 Å². The summed E-state index contributed by atoms with van der Waals surface area (Å²) in [7, 11) is 0. The summed E-state index contributed by atoms with van der Waals surface area (Å²) in [4.78, 5) is 7.25. The number of rotatable bonds is 2. The first-order valence-corrected chi connectivity index (χ1v) is 5.76. The van der Waals surface area contributed by atoms with E-state index in [1.54, 1.807) is 12.3 Å². The monoisotopic (exact) mass is 250 g/mol. The Kier molecular flexibility index (Phi) is 2.62. The van der Waals surface area contributed by atoms with Gasteiger partial charge < -0.3 is 9.51 Å². The Morgan fingerprint density at radius 1 is 1.32 bits per heavy atom. The number of aryl methyl sites for hydroxylation is 1. The van der Waals surface area contributed by atoms with E-state index in [1.807, 2.05) is 37.3 Å². The number of aromatic amines is 1. The van der Waals surface area contributed by atoms with Crippen molar-refractivity contribution in [3.8, 4) is 29.0 Å². The Morgan fingerprint density at radius 2 is 2.21 bits per heavy atom.